The van der Waals surface area contributed by atoms with Gasteiger partial charge in [-0.25, -0.2) is 4.99 Å². The average molecular weight is 236 g/mol. The van der Waals surface area contributed by atoms with Crippen molar-refractivity contribution in [2.24, 2.45) is 10.7 Å². The molecule has 0 saturated heterocycles. The zero-order valence-corrected chi connectivity index (χ0v) is 10.1. The fourth-order valence-corrected chi connectivity index (χ4v) is 2.37. The molecule has 3 rings (SSSR count). The minimum atomic E-state index is -1.30. The third kappa shape index (κ3) is 1.39. The van der Waals surface area contributed by atoms with E-state index in [0.717, 1.165) is 22.3 Å². The first-order valence-corrected chi connectivity index (χ1v) is 5.86. The highest BCUT2D eigenvalue weighted by Crippen LogP contribution is 2.40. The first-order chi connectivity index (χ1) is 8.62. The second-order valence-corrected chi connectivity index (χ2v) is 4.59. The number of benzene rings is 2. The summed E-state index contributed by atoms with van der Waals surface area (Å²) >= 11 is 0. The molecule has 1 heterocycles. The highest BCUT2D eigenvalue weighted by molar-refractivity contribution is 6.32. The van der Waals surface area contributed by atoms with Crippen molar-refractivity contribution in [2.45, 2.75) is 5.60 Å². The van der Waals surface area contributed by atoms with Gasteiger partial charge in [0, 0.05) is 5.56 Å². The molecular formula is C14H13BN2O. The van der Waals surface area contributed by atoms with Crippen LogP contribution >= 0.6 is 0 Å². The molecule has 0 amide bonds. The summed E-state index contributed by atoms with van der Waals surface area (Å²) in [5.74, 6) is 0.231. The summed E-state index contributed by atoms with van der Waals surface area (Å²) in [4.78, 5) is 4.27. The first kappa shape index (κ1) is 11.0. The lowest BCUT2D eigenvalue weighted by Crippen LogP contribution is -2.39. The minimum absolute atomic E-state index is 0.231. The van der Waals surface area contributed by atoms with E-state index in [-0.39, 0.29) is 5.84 Å². The SMILES string of the molecule is Bc1ccc2c(c1)C(O)(c1ccccc1)C(N)=N2. The molecule has 2 aromatic rings. The van der Waals surface area contributed by atoms with Crippen LogP contribution in [0.4, 0.5) is 5.69 Å². The van der Waals surface area contributed by atoms with Gasteiger partial charge in [-0.3, -0.25) is 0 Å². The highest BCUT2D eigenvalue weighted by atomic mass is 16.3. The number of hydrogen-bond acceptors (Lipinski definition) is 3. The Balaban J connectivity index is 2.26. The Morgan fingerprint density at radius 2 is 1.83 bits per heavy atom. The normalized spacial score (nSPS) is 21.5. The molecule has 1 aliphatic heterocycles. The number of nitrogens with two attached hydrogens (primary N) is 1. The average Bonchev–Trinajstić information content (AvgIpc) is 2.64. The first-order valence-electron chi connectivity index (χ1n) is 5.86. The van der Waals surface area contributed by atoms with E-state index in [0.29, 0.717) is 0 Å². The van der Waals surface area contributed by atoms with Crippen LogP contribution in [0.2, 0.25) is 0 Å². The zero-order valence-electron chi connectivity index (χ0n) is 10.1. The predicted molar refractivity (Wildman–Crippen MR) is 75.3 cm³/mol. The Labute approximate surface area is 106 Å². The minimum Gasteiger partial charge on any atom is -0.384 e. The van der Waals surface area contributed by atoms with Gasteiger partial charge in [-0.2, -0.15) is 0 Å². The van der Waals surface area contributed by atoms with Crippen LogP contribution in [-0.2, 0) is 5.60 Å². The van der Waals surface area contributed by atoms with Gasteiger partial charge in [0.05, 0.1) is 5.69 Å². The predicted octanol–water partition coefficient (Wildman–Crippen LogP) is 0.183. The Kier molecular flexibility index (Phi) is 2.28. The van der Waals surface area contributed by atoms with Crippen LogP contribution in [0.3, 0.4) is 0 Å². The lowest BCUT2D eigenvalue weighted by atomic mass is 9.83. The van der Waals surface area contributed by atoms with E-state index in [4.69, 9.17) is 5.73 Å². The van der Waals surface area contributed by atoms with Crippen LogP contribution < -0.4 is 11.2 Å². The number of amidine groups is 1. The van der Waals surface area contributed by atoms with E-state index in [1.807, 2.05) is 56.4 Å². The molecule has 18 heavy (non-hydrogen) atoms. The number of hydrogen-bond donors (Lipinski definition) is 2. The Bertz CT molecular complexity index is 639. The highest BCUT2D eigenvalue weighted by Gasteiger charge is 2.42. The lowest BCUT2D eigenvalue weighted by molar-refractivity contribution is 0.158. The molecule has 1 atom stereocenters. The van der Waals surface area contributed by atoms with Crippen molar-refractivity contribution in [3.05, 3.63) is 59.7 Å². The van der Waals surface area contributed by atoms with E-state index < -0.39 is 5.60 Å². The van der Waals surface area contributed by atoms with Crippen molar-refractivity contribution in [2.75, 3.05) is 0 Å². The van der Waals surface area contributed by atoms with Gasteiger partial charge >= 0.3 is 0 Å². The standard InChI is InChI=1S/C14H13BN2O/c15-10-6-7-12-11(8-10)14(18,13(16)17-12)9-4-2-1-3-5-9/h1-8,18H,15H2,(H2,16,17). The molecule has 0 spiro atoms. The molecule has 88 valence electrons. The Hall–Kier alpha value is -2.07. The molecule has 0 bridgehead atoms. The van der Waals surface area contributed by atoms with Gasteiger partial charge in [-0.1, -0.05) is 47.9 Å². The van der Waals surface area contributed by atoms with Crippen LogP contribution in [0.1, 0.15) is 11.1 Å². The summed E-state index contributed by atoms with van der Waals surface area (Å²) < 4.78 is 0. The Morgan fingerprint density at radius 1 is 1.11 bits per heavy atom. The molecule has 0 aromatic heterocycles. The zero-order chi connectivity index (χ0) is 12.8. The molecule has 2 aromatic carbocycles. The Morgan fingerprint density at radius 3 is 2.56 bits per heavy atom. The quantitative estimate of drug-likeness (QED) is 0.694. The third-order valence-electron chi connectivity index (χ3n) is 3.35. The third-order valence-corrected chi connectivity index (χ3v) is 3.35. The van der Waals surface area contributed by atoms with Gasteiger partial charge in [0.25, 0.3) is 0 Å². The van der Waals surface area contributed by atoms with Crippen molar-refractivity contribution < 1.29 is 5.11 Å². The molecule has 1 unspecified atom stereocenters. The summed E-state index contributed by atoms with van der Waals surface area (Å²) in [5, 5.41) is 11.0. The van der Waals surface area contributed by atoms with Crippen molar-refractivity contribution in [3.8, 4) is 0 Å². The topological polar surface area (TPSA) is 58.6 Å². The van der Waals surface area contributed by atoms with Crippen LogP contribution in [0, 0.1) is 0 Å². The molecule has 1 aliphatic rings. The van der Waals surface area contributed by atoms with E-state index in [2.05, 4.69) is 4.99 Å². The fourth-order valence-electron chi connectivity index (χ4n) is 2.37. The summed E-state index contributed by atoms with van der Waals surface area (Å²) in [6.07, 6.45) is 0. The van der Waals surface area contributed by atoms with Gasteiger partial charge in [-0.15, -0.1) is 0 Å². The molecule has 4 heteroatoms. The maximum absolute atomic E-state index is 11.0. The van der Waals surface area contributed by atoms with Crippen LogP contribution in [0.5, 0.6) is 0 Å². The molecule has 0 radical (unpaired) electrons. The molecule has 3 N–H and O–H groups in total. The molecule has 0 saturated carbocycles. The van der Waals surface area contributed by atoms with Crippen molar-refractivity contribution in [1.82, 2.24) is 0 Å². The molecule has 3 nitrogen and oxygen atoms in total. The second-order valence-electron chi connectivity index (χ2n) is 4.59. The summed E-state index contributed by atoms with van der Waals surface area (Å²) in [6.45, 7) is 0. The summed E-state index contributed by atoms with van der Waals surface area (Å²) in [7, 11) is 1.99. The number of rotatable bonds is 1. The molecule has 0 aliphatic carbocycles. The van der Waals surface area contributed by atoms with E-state index in [9.17, 15) is 5.11 Å². The van der Waals surface area contributed by atoms with Crippen molar-refractivity contribution in [3.63, 3.8) is 0 Å². The largest absolute Gasteiger partial charge is 0.384 e. The second kappa shape index (κ2) is 3.72. The monoisotopic (exact) mass is 236 g/mol. The van der Waals surface area contributed by atoms with E-state index >= 15 is 0 Å². The van der Waals surface area contributed by atoms with Crippen molar-refractivity contribution in [1.29, 1.82) is 0 Å². The number of nitrogens with zero attached hydrogens (tertiary/aromatic N) is 1. The van der Waals surface area contributed by atoms with Gasteiger partial charge < -0.3 is 10.8 Å². The summed E-state index contributed by atoms with van der Waals surface area (Å²) in [6, 6.07) is 15.2. The fraction of sp³-hybridized carbons (Fsp3) is 0.0714. The number of fused-ring (bicyclic) bond motifs is 1. The summed E-state index contributed by atoms with van der Waals surface area (Å²) in [5.41, 5.74) is 7.96. The molecular weight excluding hydrogens is 223 g/mol. The van der Waals surface area contributed by atoms with Gasteiger partial charge in [0.1, 0.15) is 13.7 Å². The number of aliphatic imine (C=N–C) groups is 1. The molecule has 0 fully saturated rings. The van der Waals surface area contributed by atoms with Crippen LogP contribution in [0.15, 0.2) is 53.5 Å². The van der Waals surface area contributed by atoms with Gasteiger partial charge in [0.2, 0.25) is 0 Å². The van der Waals surface area contributed by atoms with Gasteiger partial charge in [-0.05, 0) is 11.6 Å². The van der Waals surface area contributed by atoms with E-state index in [1.165, 1.54) is 0 Å². The maximum Gasteiger partial charge on any atom is 0.174 e. The number of aliphatic hydroxyl groups is 1. The van der Waals surface area contributed by atoms with Crippen molar-refractivity contribution >= 4 is 24.8 Å². The van der Waals surface area contributed by atoms with Crippen LogP contribution in [-0.4, -0.2) is 18.8 Å². The lowest BCUT2D eigenvalue weighted by Gasteiger charge is -2.24. The van der Waals surface area contributed by atoms with E-state index in [1.54, 1.807) is 0 Å². The smallest absolute Gasteiger partial charge is 0.174 e. The maximum atomic E-state index is 11.0. The van der Waals surface area contributed by atoms with Crippen LogP contribution in [0.25, 0.3) is 0 Å². The van der Waals surface area contributed by atoms with Gasteiger partial charge in [0.15, 0.2) is 5.60 Å².